The zero-order valence-corrected chi connectivity index (χ0v) is 19.5. The van der Waals surface area contributed by atoms with Crippen LogP contribution >= 0.6 is 35.1 Å². The first-order valence-corrected chi connectivity index (χ1v) is 12.0. The second kappa shape index (κ2) is 10.2. The predicted octanol–water partition coefficient (Wildman–Crippen LogP) is 5.16. The number of hydrogen-bond donors (Lipinski definition) is 1. The molecule has 0 radical (unpaired) electrons. The van der Waals surface area contributed by atoms with E-state index in [4.69, 9.17) is 26.5 Å². The summed E-state index contributed by atoms with van der Waals surface area (Å²) in [7, 11) is 0. The Morgan fingerprint density at radius 2 is 2.00 bits per heavy atom. The lowest BCUT2D eigenvalue weighted by atomic mass is 10.1. The number of hydrogen-bond acceptors (Lipinski definition) is 7. The Kier molecular flexibility index (Phi) is 7.19. The van der Waals surface area contributed by atoms with Gasteiger partial charge in [0.2, 0.25) is 0 Å². The molecule has 0 atom stereocenters. The average Bonchev–Trinajstić information content (AvgIpc) is 3.25. The summed E-state index contributed by atoms with van der Waals surface area (Å²) in [5, 5.41) is 14.8. The molecule has 0 fully saturated rings. The zero-order chi connectivity index (χ0) is 22.5. The third kappa shape index (κ3) is 5.17. The monoisotopic (exact) mass is 486 g/mol. The summed E-state index contributed by atoms with van der Waals surface area (Å²) in [5.74, 6) is 1.50. The van der Waals surface area contributed by atoms with Crippen molar-refractivity contribution in [3.05, 3.63) is 58.6 Å². The number of fused-ring (bicyclic) bond motifs is 1. The van der Waals surface area contributed by atoms with Crippen molar-refractivity contribution in [2.75, 3.05) is 19.0 Å². The Morgan fingerprint density at radius 1 is 1.19 bits per heavy atom. The standard InChI is InChI=1S/C22H19ClN4O3S2/c1-2-29-19-12-14(11-17-20(24)27-22(26-21(17)28)32-13-25-27)3-8-18(19)30-9-10-31-16-6-4-15(23)5-7-16/h3-8,11-13,24H,2,9-10H2,1H3. The molecule has 0 saturated heterocycles. The maximum absolute atomic E-state index is 12.4. The number of nitrogens with one attached hydrogen (secondary N) is 1. The van der Waals surface area contributed by atoms with Gasteiger partial charge >= 0.3 is 0 Å². The Balaban J connectivity index is 1.45. The summed E-state index contributed by atoms with van der Waals surface area (Å²) in [6.45, 7) is 2.86. The molecule has 2 aromatic carbocycles. The van der Waals surface area contributed by atoms with E-state index in [0.29, 0.717) is 40.5 Å². The molecule has 4 rings (SSSR count). The van der Waals surface area contributed by atoms with Crippen LogP contribution in [0.25, 0.3) is 6.08 Å². The van der Waals surface area contributed by atoms with Gasteiger partial charge in [-0.05, 0) is 66.7 Å². The number of nitrogens with zero attached hydrogens (tertiary/aromatic N) is 3. The normalized spacial score (nSPS) is 16.4. The lowest BCUT2D eigenvalue weighted by Gasteiger charge is -2.20. The molecule has 32 heavy (non-hydrogen) atoms. The minimum absolute atomic E-state index is 0.00115. The molecule has 2 heterocycles. The van der Waals surface area contributed by atoms with Crippen molar-refractivity contribution < 1.29 is 14.3 Å². The van der Waals surface area contributed by atoms with E-state index in [1.54, 1.807) is 35.5 Å². The lowest BCUT2D eigenvalue weighted by Crippen LogP contribution is -2.35. The second-order valence-corrected chi connectivity index (χ2v) is 8.96. The van der Waals surface area contributed by atoms with Crippen molar-refractivity contribution in [2.45, 2.75) is 11.8 Å². The Hall–Kier alpha value is -2.75. The molecular weight excluding hydrogens is 468 g/mol. The SMILES string of the molecule is CCOc1cc(C=C2C(=N)N3N=CSC3=NC2=O)ccc1OCCSc1ccc(Cl)cc1. The summed E-state index contributed by atoms with van der Waals surface area (Å²) in [4.78, 5) is 17.5. The lowest BCUT2D eigenvalue weighted by molar-refractivity contribution is -0.114. The van der Waals surface area contributed by atoms with Crippen molar-refractivity contribution >= 4 is 63.7 Å². The zero-order valence-electron chi connectivity index (χ0n) is 17.1. The van der Waals surface area contributed by atoms with Crippen LogP contribution in [0.3, 0.4) is 0 Å². The van der Waals surface area contributed by atoms with Crippen LogP contribution < -0.4 is 9.47 Å². The maximum atomic E-state index is 12.4. The molecule has 0 saturated carbocycles. The molecule has 2 aliphatic rings. The van der Waals surface area contributed by atoms with Gasteiger partial charge in [-0.2, -0.15) is 15.1 Å². The molecule has 1 amide bonds. The number of ether oxygens (including phenoxy) is 2. The third-order valence-corrected chi connectivity index (χ3v) is 6.30. The van der Waals surface area contributed by atoms with Gasteiger partial charge < -0.3 is 9.47 Å². The molecule has 0 aromatic heterocycles. The van der Waals surface area contributed by atoms with E-state index in [9.17, 15) is 4.79 Å². The molecule has 0 unspecified atom stereocenters. The average molecular weight is 487 g/mol. The summed E-state index contributed by atoms with van der Waals surface area (Å²) < 4.78 is 11.7. The van der Waals surface area contributed by atoms with E-state index in [2.05, 4.69) is 10.1 Å². The number of carbonyl (C=O) groups excluding carboxylic acids is 1. The van der Waals surface area contributed by atoms with E-state index in [0.717, 1.165) is 10.6 Å². The van der Waals surface area contributed by atoms with E-state index in [-0.39, 0.29) is 11.4 Å². The van der Waals surface area contributed by atoms with Gasteiger partial charge in [-0.15, -0.1) is 11.8 Å². The van der Waals surface area contributed by atoms with Gasteiger partial charge in [-0.25, -0.2) is 0 Å². The Bertz CT molecular complexity index is 1130. The van der Waals surface area contributed by atoms with Crippen molar-refractivity contribution in [3.8, 4) is 11.5 Å². The third-order valence-electron chi connectivity index (χ3n) is 4.40. The van der Waals surface area contributed by atoms with E-state index >= 15 is 0 Å². The highest BCUT2D eigenvalue weighted by atomic mass is 35.5. The maximum Gasteiger partial charge on any atom is 0.283 e. The summed E-state index contributed by atoms with van der Waals surface area (Å²) in [5.41, 5.74) is 2.43. The fraction of sp³-hybridized carbons (Fsp3) is 0.182. The van der Waals surface area contributed by atoms with Gasteiger partial charge in [0.1, 0.15) is 0 Å². The van der Waals surface area contributed by atoms with Crippen LogP contribution in [-0.4, -0.2) is 46.4 Å². The number of thioether (sulfide) groups is 2. The summed E-state index contributed by atoms with van der Waals surface area (Å²) >= 11 is 8.81. The summed E-state index contributed by atoms with van der Waals surface area (Å²) in [6.07, 6.45) is 1.62. The van der Waals surface area contributed by atoms with Gasteiger partial charge in [0, 0.05) is 15.7 Å². The fourth-order valence-corrected chi connectivity index (χ4v) is 4.41. The Labute approximate surface area is 199 Å². The minimum Gasteiger partial charge on any atom is -0.490 e. The largest absolute Gasteiger partial charge is 0.490 e. The first kappa shape index (κ1) is 22.4. The molecule has 164 valence electrons. The van der Waals surface area contributed by atoms with E-state index in [1.807, 2.05) is 37.3 Å². The van der Waals surface area contributed by atoms with Gasteiger partial charge in [0.25, 0.3) is 5.91 Å². The van der Waals surface area contributed by atoms with Crippen LogP contribution in [0.5, 0.6) is 11.5 Å². The van der Waals surface area contributed by atoms with Crippen molar-refractivity contribution in [2.24, 2.45) is 10.1 Å². The smallest absolute Gasteiger partial charge is 0.283 e. The molecule has 7 nitrogen and oxygen atoms in total. The fourth-order valence-electron chi connectivity index (χ4n) is 2.95. The van der Waals surface area contributed by atoms with Gasteiger partial charge in [0.05, 0.1) is 24.3 Å². The predicted molar refractivity (Wildman–Crippen MR) is 131 cm³/mol. The van der Waals surface area contributed by atoms with Crippen molar-refractivity contribution in [1.82, 2.24) is 5.01 Å². The first-order valence-electron chi connectivity index (χ1n) is 9.76. The number of carbonyl (C=O) groups is 1. The Morgan fingerprint density at radius 3 is 2.78 bits per heavy atom. The van der Waals surface area contributed by atoms with E-state index < -0.39 is 5.91 Å². The molecular formula is C22H19ClN4O3S2. The number of benzene rings is 2. The second-order valence-electron chi connectivity index (χ2n) is 6.55. The van der Waals surface area contributed by atoms with Crippen LogP contribution in [0.15, 0.2) is 63.0 Å². The number of amidine groups is 2. The topological polar surface area (TPSA) is 87.3 Å². The number of amides is 1. The molecule has 1 N–H and O–H groups in total. The molecule has 0 aliphatic carbocycles. The van der Waals surface area contributed by atoms with Crippen LogP contribution in [-0.2, 0) is 4.79 Å². The quantitative estimate of drug-likeness (QED) is 0.315. The van der Waals surface area contributed by atoms with Gasteiger partial charge in [0.15, 0.2) is 22.5 Å². The number of rotatable bonds is 8. The molecule has 2 aliphatic heterocycles. The highest BCUT2D eigenvalue weighted by molar-refractivity contribution is 8.25. The van der Waals surface area contributed by atoms with Crippen LogP contribution in [0.2, 0.25) is 5.02 Å². The van der Waals surface area contributed by atoms with Gasteiger partial charge in [-0.1, -0.05) is 17.7 Å². The van der Waals surface area contributed by atoms with Crippen LogP contribution in [0.1, 0.15) is 12.5 Å². The van der Waals surface area contributed by atoms with Gasteiger partial charge in [-0.3, -0.25) is 10.2 Å². The van der Waals surface area contributed by atoms with Crippen molar-refractivity contribution in [1.29, 1.82) is 5.41 Å². The molecule has 10 heteroatoms. The van der Waals surface area contributed by atoms with Crippen molar-refractivity contribution in [3.63, 3.8) is 0 Å². The number of halogens is 1. The van der Waals surface area contributed by atoms with E-state index in [1.165, 1.54) is 16.8 Å². The number of hydrazone groups is 1. The van der Waals surface area contributed by atoms with Crippen LogP contribution in [0, 0.1) is 5.41 Å². The minimum atomic E-state index is -0.461. The highest BCUT2D eigenvalue weighted by Crippen LogP contribution is 2.31. The highest BCUT2D eigenvalue weighted by Gasteiger charge is 2.32. The molecule has 2 aromatic rings. The molecule has 0 spiro atoms. The molecule has 0 bridgehead atoms. The van der Waals surface area contributed by atoms with Crippen LogP contribution in [0.4, 0.5) is 0 Å². The summed E-state index contributed by atoms with van der Waals surface area (Å²) in [6, 6.07) is 13.1. The number of aliphatic imine (C=N–C) groups is 1. The first-order chi connectivity index (χ1) is 15.5.